The summed E-state index contributed by atoms with van der Waals surface area (Å²) in [6.45, 7) is 8.01. The smallest absolute Gasteiger partial charge is 0.242 e. The van der Waals surface area contributed by atoms with Crippen molar-refractivity contribution in [1.29, 1.82) is 0 Å². The van der Waals surface area contributed by atoms with Crippen LogP contribution >= 0.6 is 0 Å². The van der Waals surface area contributed by atoms with E-state index < -0.39 is 23.1 Å². The van der Waals surface area contributed by atoms with Crippen molar-refractivity contribution in [3.8, 4) is 0 Å². The van der Waals surface area contributed by atoms with Gasteiger partial charge in [0.2, 0.25) is 0 Å². The summed E-state index contributed by atoms with van der Waals surface area (Å²) in [6, 6.07) is 36.7. The molecule has 0 saturated heterocycles. The Morgan fingerprint density at radius 1 is 0.447 bits per heavy atom. The molecule has 0 aliphatic rings. The van der Waals surface area contributed by atoms with Crippen LogP contribution in [0.25, 0.3) is 0 Å². The molecule has 6 nitrogen and oxygen atoms in total. The van der Waals surface area contributed by atoms with Gasteiger partial charge in [0, 0.05) is 0 Å². The molecule has 6 heteroatoms. The van der Waals surface area contributed by atoms with Crippen molar-refractivity contribution >= 4 is 11.9 Å². The SMILES string of the molecule is CC(C)(OOC(C)(C)c1ccccc1)c1ccccc1.O=C(OOC(=O)c1ccccc1)c1ccccc1. The van der Waals surface area contributed by atoms with Crippen LogP contribution in [0, 0.1) is 0 Å². The number of carbonyl (C=O) groups excluding carboxylic acids is 2. The Morgan fingerprint density at radius 2 is 0.711 bits per heavy atom. The quantitative estimate of drug-likeness (QED) is 0.190. The number of hydrogen-bond donors (Lipinski definition) is 0. The van der Waals surface area contributed by atoms with Crippen LogP contribution < -0.4 is 0 Å². The Bertz CT molecular complexity index is 1170. The first kappa shape index (κ1) is 28.3. The summed E-state index contributed by atoms with van der Waals surface area (Å²) in [6.07, 6.45) is 0. The summed E-state index contributed by atoms with van der Waals surface area (Å²) in [5.74, 6) is -1.42. The van der Waals surface area contributed by atoms with Gasteiger partial charge in [0.05, 0.1) is 11.1 Å². The van der Waals surface area contributed by atoms with Gasteiger partial charge in [0.25, 0.3) is 0 Å². The van der Waals surface area contributed by atoms with Crippen molar-refractivity contribution in [3.63, 3.8) is 0 Å². The molecule has 0 saturated carbocycles. The van der Waals surface area contributed by atoms with Crippen LogP contribution in [0.5, 0.6) is 0 Å². The van der Waals surface area contributed by atoms with Gasteiger partial charge < -0.3 is 0 Å². The fourth-order valence-electron chi connectivity index (χ4n) is 3.30. The Hall–Kier alpha value is -4.26. The molecular formula is C32H32O6. The van der Waals surface area contributed by atoms with E-state index in [1.54, 1.807) is 60.7 Å². The first-order valence-corrected chi connectivity index (χ1v) is 12.2. The molecular weight excluding hydrogens is 480 g/mol. The lowest BCUT2D eigenvalue weighted by molar-refractivity contribution is -0.410. The third-order valence-electron chi connectivity index (χ3n) is 5.61. The highest BCUT2D eigenvalue weighted by Gasteiger charge is 2.29. The maximum Gasteiger partial charge on any atom is 0.386 e. The molecule has 0 bridgehead atoms. The largest absolute Gasteiger partial charge is 0.386 e. The van der Waals surface area contributed by atoms with E-state index in [2.05, 4.69) is 9.78 Å². The van der Waals surface area contributed by atoms with Crippen LogP contribution in [-0.2, 0) is 30.8 Å². The van der Waals surface area contributed by atoms with E-state index in [1.807, 2.05) is 88.4 Å². The van der Waals surface area contributed by atoms with E-state index in [-0.39, 0.29) is 0 Å². The number of carbonyl (C=O) groups is 2. The minimum atomic E-state index is -0.708. The summed E-state index contributed by atoms with van der Waals surface area (Å²) in [7, 11) is 0. The monoisotopic (exact) mass is 512 g/mol. The Balaban J connectivity index is 0.000000212. The first-order valence-electron chi connectivity index (χ1n) is 12.2. The fraction of sp³-hybridized carbons (Fsp3) is 0.188. The lowest BCUT2D eigenvalue weighted by Crippen LogP contribution is -2.29. The van der Waals surface area contributed by atoms with E-state index in [0.717, 1.165) is 11.1 Å². The van der Waals surface area contributed by atoms with Crippen LogP contribution in [-0.4, -0.2) is 11.9 Å². The van der Waals surface area contributed by atoms with Crippen LogP contribution in [0.4, 0.5) is 0 Å². The average molecular weight is 513 g/mol. The van der Waals surface area contributed by atoms with Crippen LogP contribution in [0.3, 0.4) is 0 Å². The molecule has 4 aromatic carbocycles. The number of benzene rings is 4. The highest BCUT2D eigenvalue weighted by molar-refractivity contribution is 5.92. The topological polar surface area (TPSA) is 71.1 Å². The van der Waals surface area contributed by atoms with Gasteiger partial charge in [-0.2, -0.15) is 0 Å². The van der Waals surface area contributed by atoms with E-state index >= 15 is 0 Å². The van der Waals surface area contributed by atoms with Crippen molar-refractivity contribution in [1.82, 2.24) is 0 Å². The second-order valence-corrected chi connectivity index (χ2v) is 9.39. The summed E-state index contributed by atoms with van der Waals surface area (Å²) in [5, 5.41) is 0. The lowest BCUT2D eigenvalue weighted by atomic mass is 9.98. The molecule has 4 aromatic rings. The summed E-state index contributed by atoms with van der Waals surface area (Å²) in [5.41, 5.74) is 1.82. The number of hydrogen-bond acceptors (Lipinski definition) is 6. The van der Waals surface area contributed by atoms with Gasteiger partial charge >= 0.3 is 11.9 Å². The second-order valence-electron chi connectivity index (χ2n) is 9.39. The summed E-state index contributed by atoms with van der Waals surface area (Å²) in [4.78, 5) is 43.3. The standard InChI is InChI=1S/C18H22O2.C14H10O4/c1-17(2,15-11-7-5-8-12-15)19-20-18(3,4)16-13-9-6-10-14-16;15-13(11-7-3-1-4-8-11)17-18-14(16)12-9-5-2-6-10-12/h5-14H,1-4H3;1-10H. The van der Waals surface area contributed by atoms with Gasteiger partial charge in [-0.3, -0.25) is 0 Å². The molecule has 0 unspecified atom stereocenters. The molecule has 0 amide bonds. The van der Waals surface area contributed by atoms with Gasteiger partial charge in [0.15, 0.2) is 0 Å². The molecule has 4 rings (SSSR count). The van der Waals surface area contributed by atoms with E-state index in [4.69, 9.17) is 9.78 Å². The molecule has 0 N–H and O–H groups in total. The summed E-state index contributed by atoms with van der Waals surface area (Å²) < 4.78 is 0. The van der Waals surface area contributed by atoms with Crippen molar-refractivity contribution in [2.75, 3.05) is 0 Å². The van der Waals surface area contributed by atoms with Crippen LogP contribution in [0.2, 0.25) is 0 Å². The predicted octanol–water partition coefficient (Wildman–Crippen LogP) is 7.42. The van der Waals surface area contributed by atoms with Gasteiger partial charge in [-0.25, -0.2) is 29.1 Å². The Morgan fingerprint density at radius 3 is 1.00 bits per heavy atom. The molecule has 0 radical (unpaired) electrons. The minimum absolute atomic E-state index is 0.318. The maximum atomic E-state index is 11.5. The summed E-state index contributed by atoms with van der Waals surface area (Å²) >= 11 is 0. The van der Waals surface area contributed by atoms with Crippen molar-refractivity contribution in [2.24, 2.45) is 0 Å². The zero-order chi connectivity index (χ0) is 27.4. The first-order chi connectivity index (χ1) is 18.2. The zero-order valence-corrected chi connectivity index (χ0v) is 22.0. The molecule has 0 fully saturated rings. The van der Waals surface area contributed by atoms with Gasteiger partial charge in [-0.05, 0) is 63.1 Å². The van der Waals surface area contributed by atoms with Crippen molar-refractivity contribution in [2.45, 2.75) is 38.9 Å². The van der Waals surface area contributed by atoms with Gasteiger partial charge in [0.1, 0.15) is 11.2 Å². The maximum absolute atomic E-state index is 11.5. The molecule has 0 heterocycles. The van der Waals surface area contributed by atoms with Crippen LogP contribution in [0.1, 0.15) is 59.5 Å². The fourth-order valence-corrected chi connectivity index (χ4v) is 3.30. The molecule has 0 aliphatic heterocycles. The predicted molar refractivity (Wildman–Crippen MR) is 145 cm³/mol. The zero-order valence-electron chi connectivity index (χ0n) is 22.0. The van der Waals surface area contributed by atoms with Gasteiger partial charge in [-0.1, -0.05) is 97.1 Å². The molecule has 0 spiro atoms. The van der Waals surface area contributed by atoms with Crippen molar-refractivity contribution < 1.29 is 29.1 Å². The third-order valence-corrected chi connectivity index (χ3v) is 5.61. The molecule has 196 valence electrons. The average Bonchev–Trinajstić information content (AvgIpc) is 2.97. The minimum Gasteiger partial charge on any atom is -0.242 e. The molecule has 38 heavy (non-hydrogen) atoms. The van der Waals surface area contributed by atoms with Gasteiger partial charge in [-0.15, -0.1) is 0 Å². The molecule has 0 aliphatic carbocycles. The lowest BCUT2D eigenvalue weighted by Gasteiger charge is -2.31. The van der Waals surface area contributed by atoms with E-state index in [0.29, 0.717) is 11.1 Å². The highest BCUT2D eigenvalue weighted by Crippen LogP contribution is 2.31. The molecule has 0 aromatic heterocycles. The number of rotatable bonds is 7. The molecule has 0 atom stereocenters. The van der Waals surface area contributed by atoms with E-state index in [9.17, 15) is 9.59 Å². The third kappa shape index (κ3) is 8.40. The highest BCUT2D eigenvalue weighted by atomic mass is 17.2. The Kier molecular flexibility index (Phi) is 9.93. The van der Waals surface area contributed by atoms with E-state index in [1.165, 1.54) is 0 Å². The van der Waals surface area contributed by atoms with Crippen molar-refractivity contribution in [3.05, 3.63) is 144 Å². The normalized spacial score (nSPS) is 11.1. The van der Waals surface area contributed by atoms with Crippen LogP contribution in [0.15, 0.2) is 121 Å². The second kappa shape index (κ2) is 13.3. The Labute approximate surface area is 223 Å².